The van der Waals surface area contributed by atoms with Crippen LogP contribution in [0.5, 0.6) is 5.75 Å². The molecule has 3 unspecified atom stereocenters. The molecular weight excluding hydrogens is 687 g/mol. The number of likely N-dealkylation sites (N-methyl/N-ethyl adjacent to an activating group) is 2. The first-order chi connectivity index (χ1) is 24.1. The van der Waals surface area contributed by atoms with E-state index in [9.17, 15) is 23.7 Å². The molecule has 0 saturated heterocycles. The molecule has 0 aliphatic rings. The summed E-state index contributed by atoms with van der Waals surface area (Å²) in [5.74, 6) is -1.63. The molecule has 0 spiro atoms. The molecule has 15 heteroatoms. The fraction of sp³-hybridized carbons (Fsp3) is 0.730. The number of carbonyl (C=O) groups excluding carboxylic acids is 4. The number of hydrogen-bond acceptors (Lipinski definition) is 10. The van der Waals surface area contributed by atoms with E-state index >= 15 is 0 Å². The molecule has 0 fully saturated rings. The molecule has 0 aromatic heterocycles. The van der Waals surface area contributed by atoms with Crippen molar-refractivity contribution in [1.29, 1.82) is 0 Å². The number of rotatable bonds is 26. The minimum absolute atomic E-state index is 0.120. The van der Waals surface area contributed by atoms with Crippen molar-refractivity contribution in [2.75, 3.05) is 54.5 Å². The Bertz CT molecular complexity index is 1300. The van der Waals surface area contributed by atoms with Crippen LogP contribution in [0.25, 0.3) is 0 Å². The highest BCUT2D eigenvalue weighted by molar-refractivity contribution is 7.48. The minimum atomic E-state index is -3.95. The number of hydrogen-bond donors (Lipinski definition) is 4. The number of benzene rings is 1. The van der Waals surface area contributed by atoms with Crippen LogP contribution >= 0.6 is 7.82 Å². The van der Waals surface area contributed by atoms with Crippen molar-refractivity contribution in [1.82, 2.24) is 25.8 Å². The van der Waals surface area contributed by atoms with E-state index in [1.54, 1.807) is 38.1 Å². The Labute approximate surface area is 312 Å². The quantitative estimate of drug-likeness (QED) is 0.0788. The number of nitrogens with two attached hydrogens (primary N) is 1. The van der Waals surface area contributed by atoms with Crippen LogP contribution < -0.4 is 26.2 Å². The number of primary amides is 1. The van der Waals surface area contributed by atoms with Crippen LogP contribution in [-0.4, -0.2) is 106 Å². The number of nitrogens with one attached hydrogen (secondary N) is 3. The zero-order chi connectivity index (χ0) is 39.7. The van der Waals surface area contributed by atoms with Gasteiger partial charge in [-0.3, -0.25) is 28.2 Å². The average Bonchev–Trinajstić information content (AvgIpc) is 3.02. The molecule has 1 rings (SSSR count). The monoisotopic (exact) mass is 754 g/mol. The lowest BCUT2D eigenvalue weighted by Gasteiger charge is -2.36. The van der Waals surface area contributed by atoms with E-state index in [0.717, 1.165) is 12.8 Å². The maximum Gasteiger partial charge on any atom is 0.530 e. The third-order valence-corrected chi connectivity index (χ3v) is 10.1. The van der Waals surface area contributed by atoms with E-state index in [4.69, 9.17) is 19.3 Å². The molecular formula is C37H67N6O8P. The molecule has 1 aromatic carbocycles. The predicted molar refractivity (Wildman–Crippen MR) is 205 cm³/mol. The molecule has 4 amide bonds. The van der Waals surface area contributed by atoms with E-state index in [2.05, 4.69) is 16.0 Å². The lowest BCUT2D eigenvalue weighted by molar-refractivity contribution is -0.134. The van der Waals surface area contributed by atoms with Crippen LogP contribution in [0.15, 0.2) is 24.3 Å². The van der Waals surface area contributed by atoms with Crippen LogP contribution in [0.1, 0.15) is 92.6 Å². The van der Waals surface area contributed by atoms with Crippen molar-refractivity contribution in [2.45, 2.75) is 111 Å². The van der Waals surface area contributed by atoms with E-state index in [1.165, 1.54) is 0 Å². The zero-order valence-corrected chi connectivity index (χ0v) is 34.4. The maximum atomic E-state index is 13.9. The van der Waals surface area contributed by atoms with Crippen molar-refractivity contribution in [3.8, 4) is 5.75 Å². The number of carbonyl (C=O) groups is 4. The van der Waals surface area contributed by atoms with E-state index < -0.39 is 48.6 Å². The number of phosphoric acid groups is 1. The van der Waals surface area contributed by atoms with Gasteiger partial charge in [0.05, 0.1) is 13.2 Å². The van der Waals surface area contributed by atoms with E-state index in [-0.39, 0.29) is 50.1 Å². The molecule has 0 aliphatic heterocycles. The summed E-state index contributed by atoms with van der Waals surface area (Å²) in [4.78, 5) is 56.4. The molecule has 14 nitrogen and oxygen atoms in total. The third-order valence-electron chi connectivity index (χ3n) is 8.62. The Morgan fingerprint density at radius 1 is 0.865 bits per heavy atom. The zero-order valence-electron chi connectivity index (χ0n) is 33.5. The maximum absolute atomic E-state index is 13.9. The fourth-order valence-electron chi connectivity index (χ4n) is 5.43. The summed E-state index contributed by atoms with van der Waals surface area (Å²) in [5, 5.41) is 8.79. The third kappa shape index (κ3) is 18.1. The van der Waals surface area contributed by atoms with Gasteiger partial charge in [-0.25, -0.2) is 4.57 Å². The Morgan fingerprint density at radius 2 is 1.42 bits per heavy atom. The molecule has 298 valence electrons. The van der Waals surface area contributed by atoms with Gasteiger partial charge in [-0.05, 0) is 78.5 Å². The van der Waals surface area contributed by atoms with Gasteiger partial charge < -0.3 is 36.0 Å². The lowest BCUT2D eigenvalue weighted by atomic mass is 9.79. The van der Waals surface area contributed by atoms with E-state index in [1.807, 2.05) is 72.6 Å². The predicted octanol–water partition coefficient (Wildman–Crippen LogP) is 4.26. The highest BCUT2D eigenvalue weighted by atomic mass is 31.2. The SMILES string of the molecule is CCCCCC(=O)NC(Cc1ccc(OP(=O)(OCCN(C)C)OCCN(C)C)cc1)C(=O)NC(C(=O)NC(C)(C)CC(C)(C)C(N)=O)C(C)CC. The first kappa shape index (κ1) is 47.0. The molecule has 5 N–H and O–H groups in total. The normalized spacial score (nSPS) is 14.1. The largest absolute Gasteiger partial charge is 0.530 e. The topological polar surface area (TPSA) is 182 Å². The first-order valence-electron chi connectivity index (χ1n) is 18.3. The van der Waals surface area contributed by atoms with Crippen LogP contribution in [-0.2, 0) is 39.2 Å². The van der Waals surface area contributed by atoms with Gasteiger partial charge in [-0.15, -0.1) is 0 Å². The van der Waals surface area contributed by atoms with Crippen LogP contribution in [0.2, 0.25) is 0 Å². The number of nitrogens with zero attached hydrogens (tertiary/aromatic N) is 2. The molecule has 1 aromatic rings. The van der Waals surface area contributed by atoms with Gasteiger partial charge in [0.25, 0.3) is 0 Å². The molecule has 0 saturated carbocycles. The second-order valence-electron chi connectivity index (χ2n) is 15.4. The van der Waals surface area contributed by atoms with Gasteiger partial charge >= 0.3 is 7.82 Å². The molecule has 0 radical (unpaired) electrons. The first-order valence-corrected chi connectivity index (χ1v) is 19.8. The lowest BCUT2D eigenvalue weighted by Crippen LogP contribution is -2.59. The summed E-state index contributed by atoms with van der Waals surface area (Å²) >= 11 is 0. The Hall–Kier alpha value is -3.03. The van der Waals surface area contributed by atoms with Gasteiger partial charge in [0.15, 0.2) is 0 Å². The molecule has 0 bridgehead atoms. The summed E-state index contributed by atoms with van der Waals surface area (Å²) in [6, 6.07) is 4.75. The highest BCUT2D eigenvalue weighted by Gasteiger charge is 2.37. The van der Waals surface area contributed by atoms with Crippen LogP contribution in [0.3, 0.4) is 0 Å². The summed E-state index contributed by atoms with van der Waals surface area (Å²) in [6.45, 7) is 14.2. The summed E-state index contributed by atoms with van der Waals surface area (Å²) in [5.41, 5.74) is 4.61. The van der Waals surface area contributed by atoms with Crippen molar-refractivity contribution in [3.05, 3.63) is 29.8 Å². The Kier molecular flexibility index (Phi) is 20.1. The van der Waals surface area contributed by atoms with Crippen molar-refractivity contribution < 1.29 is 37.3 Å². The fourth-order valence-corrected chi connectivity index (χ4v) is 6.60. The van der Waals surface area contributed by atoms with Crippen molar-refractivity contribution in [2.24, 2.45) is 17.1 Å². The minimum Gasteiger partial charge on any atom is -0.404 e. The molecule has 0 heterocycles. The molecule has 52 heavy (non-hydrogen) atoms. The van der Waals surface area contributed by atoms with Gasteiger partial charge in [-0.2, -0.15) is 0 Å². The van der Waals surface area contributed by atoms with Crippen LogP contribution in [0, 0.1) is 11.3 Å². The standard InChI is InChI=1S/C37H67N6O8P/c1-12-14-15-16-31(44)39-30(33(45)40-32(27(3)13-2)34(46)41-37(6,7)26-36(4,5)35(38)47)25-28-17-19-29(20-18-28)51-52(48,49-23-21-42(8)9)50-24-22-43(10)11/h17-20,27,30,32H,12-16,21-26H2,1-11H3,(H2,38,47)(H,39,44)(H,40,45)(H,41,46). The van der Waals surface area contributed by atoms with Crippen molar-refractivity contribution in [3.63, 3.8) is 0 Å². The van der Waals surface area contributed by atoms with Crippen molar-refractivity contribution >= 4 is 31.5 Å². The molecule has 3 atom stereocenters. The average molecular weight is 755 g/mol. The van der Waals surface area contributed by atoms with Crippen LogP contribution in [0.4, 0.5) is 0 Å². The van der Waals surface area contributed by atoms with Gasteiger partial charge in [-0.1, -0.05) is 66.0 Å². The van der Waals surface area contributed by atoms with Gasteiger partial charge in [0.1, 0.15) is 17.8 Å². The summed E-state index contributed by atoms with van der Waals surface area (Å²) in [6.07, 6.45) is 3.78. The molecule has 0 aliphatic carbocycles. The second-order valence-corrected chi connectivity index (χ2v) is 17.0. The smallest absolute Gasteiger partial charge is 0.404 e. The summed E-state index contributed by atoms with van der Waals surface area (Å²) in [7, 11) is 3.54. The number of unbranched alkanes of at least 4 members (excludes halogenated alkanes) is 2. The Balaban J connectivity index is 3.26. The number of amides is 4. The number of phosphoric ester groups is 1. The second kappa shape index (κ2) is 22.2. The highest BCUT2D eigenvalue weighted by Crippen LogP contribution is 2.49. The van der Waals surface area contributed by atoms with Gasteiger partial charge in [0.2, 0.25) is 23.6 Å². The van der Waals surface area contributed by atoms with Gasteiger partial charge in [0, 0.05) is 36.9 Å². The summed E-state index contributed by atoms with van der Waals surface area (Å²) < 4.78 is 30.4. The van der Waals surface area contributed by atoms with E-state index in [0.29, 0.717) is 31.5 Å². The Morgan fingerprint density at radius 3 is 1.90 bits per heavy atom.